The van der Waals surface area contributed by atoms with E-state index in [0.29, 0.717) is 0 Å². The summed E-state index contributed by atoms with van der Waals surface area (Å²) in [6, 6.07) is 8.27. The van der Waals surface area contributed by atoms with Crippen molar-refractivity contribution in [1.82, 2.24) is 9.62 Å². The molecule has 0 amide bonds. The molecule has 0 spiro atoms. The second-order valence-corrected chi connectivity index (χ2v) is 5.52. The number of nitrogens with one attached hydrogen (secondary N) is 1. The van der Waals surface area contributed by atoms with Crippen LogP contribution in [0.4, 0.5) is 0 Å². The van der Waals surface area contributed by atoms with Gasteiger partial charge in [-0.15, -0.1) is 0 Å². The minimum absolute atomic E-state index is 0.753. The molecule has 2 rings (SSSR count). The molecule has 1 aromatic rings. The smallest absolute Gasteiger partial charge is 0.118 e. The Morgan fingerprint density at radius 2 is 2.06 bits per heavy atom. The summed E-state index contributed by atoms with van der Waals surface area (Å²) in [6.07, 6.45) is 0. The standard InChI is InChI=1S/C12H18N2OS/c1-14(16-12-7-13-8-12)9-10-3-5-11(15-2)6-4-10/h3-6,12-13H,7-9H2,1-2H3. The lowest BCUT2D eigenvalue weighted by atomic mass is 10.2. The Balaban J connectivity index is 1.82. The maximum absolute atomic E-state index is 5.14. The van der Waals surface area contributed by atoms with Crippen LogP contribution in [0, 0.1) is 0 Å². The van der Waals surface area contributed by atoms with Crippen LogP contribution in [-0.4, -0.2) is 36.8 Å². The lowest BCUT2D eigenvalue weighted by molar-refractivity contribution is 0.414. The highest BCUT2D eigenvalue weighted by Crippen LogP contribution is 2.21. The average Bonchev–Trinajstić information content (AvgIpc) is 2.25. The highest BCUT2D eigenvalue weighted by atomic mass is 32.2. The van der Waals surface area contributed by atoms with Crippen molar-refractivity contribution in [3.8, 4) is 5.75 Å². The molecule has 1 aromatic carbocycles. The van der Waals surface area contributed by atoms with Gasteiger partial charge in [0.1, 0.15) is 5.75 Å². The molecule has 1 aliphatic rings. The van der Waals surface area contributed by atoms with Crippen molar-refractivity contribution >= 4 is 11.9 Å². The van der Waals surface area contributed by atoms with Crippen molar-refractivity contribution in [2.45, 2.75) is 11.8 Å². The van der Waals surface area contributed by atoms with E-state index in [1.54, 1.807) is 7.11 Å². The lowest BCUT2D eigenvalue weighted by Crippen LogP contribution is -2.45. The maximum atomic E-state index is 5.14. The summed E-state index contributed by atoms with van der Waals surface area (Å²) in [4.78, 5) is 0. The number of ether oxygens (including phenoxy) is 1. The van der Waals surface area contributed by atoms with E-state index in [-0.39, 0.29) is 0 Å². The number of benzene rings is 1. The Morgan fingerprint density at radius 1 is 1.38 bits per heavy atom. The zero-order chi connectivity index (χ0) is 11.4. The number of nitrogens with zero attached hydrogens (tertiary/aromatic N) is 1. The van der Waals surface area contributed by atoms with E-state index in [2.05, 4.69) is 28.8 Å². The van der Waals surface area contributed by atoms with Gasteiger partial charge in [-0.2, -0.15) is 0 Å². The molecule has 4 heteroatoms. The van der Waals surface area contributed by atoms with Gasteiger partial charge in [0.15, 0.2) is 0 Å². The van der Waals surface area contributed by atoms with Gasteiger partial charge in [-0.05, 0) is 24.7 Å². The fraction of sp³-hybridized carbons (Fsp3) is 0.500. The average molecular weight is 238 g/mol. The van der Waals surface area contributed by atoms with Crippen LogP contribution in [0.5, 0.6) is 5.75 Å². The van der Waals surface area contributed by atoms with Crippen LogP contribution < -0.4 is 10.1 Å². The Kier molecular flexibility index (Phi) is 4.09. The largest absolute Gasteiger partial charge is 0.497 e. The topological polar surface area (TPSA) is 24.5 Å². The SMILES string of the molecule is COc1ccc(CN(C)SC2CNC2)cc1. The second kappa shape index (κ2) is 5.57. The van der Waals surface area contributed by atoms with Crippen LogP contribution in [0.1, 0.15) is 5.56 Å². The Hall–Kier alpha value is -0.710. The fourth-order valence-corrected chi connectivity index (χ4v) is 2.73. The predicted octanol–water partition coefficient (Wildman–Crippen LogP) is 1.75. The quantitative estimate of drug-likeness (QED) is 0.790. The van der Waals surface area contributed by atoms with E-state index < -0.39 is 0 Å². The number of hydrogen-bond acceptors (Lipinski definition) is 4. The van der Waals surface area contributed by atoms with E-state index in [4.69, 9.17) is 4.74 Å². The fourth-order valence-electron chi connectivity index (χ4n) is 1.62. The first kappa shape index (κ1) is 11.8. The molecule has 3 nitrogen and oxygen atoms in total. The van der Waals surface area contributed by atoms with E-state index in [1.807, 2.05) is 24.1 Å². The van der Waals surface area contributed by atoms with Crippen molar-refractivity contribution in [3.63, 3.8) is 0 Å². The summed E-state index contributed by atoms with van der Waals surface area (Å²) in [5.74, 6) is 0.919. The van der Waals surface area contributed by atoms with Gasteiger partial charge in [0.05, 0.1) is 7.11 Å². The first-order chi connectivity index (χ1) is 7.78. The van der Waals surface area contributed by atoms with Crippen molar-refractivity contribution in [2.24, 2.45) is 0 Å². The van der Waals surface area contributed by atoms with Crippen LogP contribution in [0.25, 0.3) is 0 Å². The molecule has 1 aliphatic heterocycles. The third kappa shape index (κ3) is 3.14. The molecule has 0 aromatic heterocycles. The second-order valence-electron chi connectivity index (χ2n) is 4.02. The minimum atomic E-state index is 0.753. The zero-order valence-electron chi connectivity index (χ0n) is 9.77. The number of methoxy groups -OCH3 is 1. The molecule has 16 heavy (non-hydrogen) atoms. The van der Waals surface area contributed by atoms with Crippen molar-refractivity contribution in [3.05, 3.63) is 29.8 Å². The van der Waals surface area contributed by atoms with Gasteiger partial charge in [-0.1, -0.05) is 24.1 Å². The Morgan fingerprint density at radius 3 is 2.56 bits per heavy atom. The first-order valence-electron chi connectivity index (χ1n) is 5.49. The third-order valence-corrected chi connectivity index (χ3v) is 3.76. The van der Waals surface area contributed by atoms with Crippen molar-refractivity contribution in [2.75, 3.05) is 27.2 Å². The molecule has 1 saturated heterocycles. The Labute approximate surface area is 101 Å². The maximum Gasteiger partial charge on any atom is 0.118 e. The van der Waals surface area contributed by atoms with Crippen LogP contribution >= 0.6 is 11.9 Å². The molecule has 0 unspecified atom stereocenters. The van der Waals surface area contributed by atoms with Crippen LogP contribution in [-0.2, 0) is 6.54 Å². The summed E-state index contributed by atoms with van der Waals surface area (Å²) >= 11 is 1.93. The van der Waals surface area contributed by atoms with Gasteiger partial charge in [0.2, 0.25) is 0 Å². The number of hydrogen-bond donors (Lipinski definition) is 1. The van der Waals surface area contributed by atoms with E-state index in [0.717, 1.165) is 30.6 Å². The third-order valence-electron chi connectivity index (χ3n) is 2.64. The first-order valence-corrected chi connectivity index (χ1v) is 6.33. The van der Waals surface area contributed by atoms with Crippen molar-refractivity contribution in [1.29, 1.82) is 0 Å². The van der Waals surface area contributed by atoms with Crippen LogP contribution in [0.2, 0.25) is 0 Å². The Bertz CT molecular complexity index is 324. The lowest BCUT2D eigenvalue weighted by Gasteiger charge is -2.30. The zero-order valence-corrected chi connectivity index (χ0v) is 10.6. The number of rotatable bonds is 5. The van der Waals surface area contributed by atoms with Crippen LogP contribution in [0.15, 0.2) is 24.3 Å². The molecular weight excluding hydrogens is 220 g/mol. The summed E-state index contributed by atoms with van der Waals surface area (Å²) < 4.78 is 7.44. The summed E-state index contributed by atoms with van der Waals surface area (Å²) in [7, 11) is 3.84. The molecular formula is C12H18N2OS. The van der Waals surface area contributed by atoms with E-state index in [1.165, 1.54) is 5.56 Å². The summed E-state index contributed by atoms with van der Waals surface area (Å²) in [5.41, 5.74) is 1.32. The summed E-state index contributed by atoms with van der Waals surface area (Å²) in [6.45, 7) is 3.25. The predicted molar refractivity (Wildman–Crippen MR) is 68.7 cm³/mol. The highest BCUT2D eigenvalue weighted by molar-refractivity contribution is 7.97. The van der Waals surface area contributed by atoms with Gasteiger partial charge < -0.3 is 10.1 Å². The monoisotopic (exact) mass is 238 g/mol. The molecule has 0 aliphatic carbocycles. The van der Waals surface area contributed by atoms with Gasteiger partial charge in [0, 0.05) is 24.9 Å². The molecule has 1 fully saturated rings. The molecule has 0 bridgehead atoms. The van der Waals surface area contributed by atoms with E-state index >= 15 is 0 Å². The van der Waals surface area contributed by atoms with Crippen LogP contribution in [0.3, 0.4) is 0 Å². The molecule has 1 N–H and O–H groups in total. The minimum Gasteiger partial charge on any atom is -0.497 e. The molecule has 88 valence electrons. The van der Waals surface area contributed by atoms with Crippen molar-refractivity contribution < 1.29 is 4.74 Å². The van der Waals surface area contributed by atoms with Gasteiger partial charge in [-0.25, -0.2) is 4.31 Å². The van der Waals surface area contributed by atoms with Gasteiger partial charge in [-0.3, -0.25) is 0 Å². The molecule has 0 atom stereocenters. The van der Waals surface area contributed by atoms with Gasteiger partial charge in [0.25, 0.3) is 0 Å². The molecule has 0 radical (unpaired) electrons. The normalized spacial score (nSPS) is 16.2. The molecule has 1 heterocycles. The van der Waals surface area contributed by atoms with E-state index in [9.17, 15) is 0 Å². The highest BCUT2D eigenvalue weighted by Gasteiger charge is 2.19. The summed E-state index contributed by atoms with van der Waals surface area (Å²) in [5, 5.41) is 4.03. The molecule has 0 saturated carbocycles. The van der Waals surface area contributed by atoms with Gasteiger partial charge >= 0.3 is 0 Å².